The van der Waals surface area contributed by atoms with Crippen molar-refractivity contribution in [2.45, 2.75) is 12.8 Å². The molecule has 7 heteroatoms. The number of halogens is 1. The largest absolute Gasteiger partial charge is 0.490 e. The topological polar surface area (TPSA) is 84.7 Å². The van der Waals surface area contributed by atoms with Crippen molar-refractivity contribution in [2.75, 3.05) is 25.1 Å². The van der Waals surface area contributed by atoms with Gasteiger partial charge in [0, 0.05) is 42.4 Å². The van der Waals surface area contributed by atoms with Gasteiger partial charge in [-0.2, -0.15) is 0 Å². The summed E-state index contributed by atoms with van der Waals surface area (Å²) in [7, 11) is 0. The smallest absolute Gasteiger partial charge is 0.193 e. The fraction of sp³-hybridized carbons (Fsp3) is 0.250. The number of nitrogens with one attached hydrogen (secondary N) is 2. The second-order valence-electron chi connectivity index (χ2n) is 6.24. The van der Waals surface area contributed by atoms with E-state index in [0.717, 1.165) is 41.2 Å². The summed E-state index contributed by atoms with van der Waals surface area (Å²) in [6.45, 7) is 1.94. The number of rotatable bonds is 4. The van der Waals surface area contributed by atoms with Crippen LogP contribution in [0, 0.1) is 0 Å². The first-order chi connectivity index (χ1) is 12.8. The Balaban J connectivity index is 0.00000210. The Bertz CT molecular complexity index is 906. The number of hydrogen-bond acceptors (Lipinski definition) is 3. The van der Waals surface area contributed by atoms with Crippen LogP contribution in [0.2, 0.25) is 0 Å². The van der Waals surface area contributed by atoms with Crippen molar-refractivity contribution in [2.24, 2.45) is 10.7 Å². The van der Waals surface area contributed by atoms with Crippen LogP contribution in [0.5, 0.6) is 11.5 Å². The van der Waals surface area contributed by atoms with Crippen LogP contribution in [0.15, 0.2) is 53.5 Å². The lowest BCUT2D eigenvalue weighted by Gasteiger charge is -2.10. The number of aromatic nitrogens is 1. The maximum Gasteiger partial charge on any atom is 0.193 e. The lowest BCUT2D eigenvalue weighted by molar-refractivity contribution is 0.297. The van der Waals surface area contributed by atoms with Crippen molar-refractivity contribution in [3.05, 3.63) is 54.2 Å². The minimum Gasteiger partial charge on any atom is -0.490 e. The predicted molar refractivity (Wildman–Crippen MR) is 120 cm³/mol. The molecule has 3 aromatic rings. The number of aromatic amines is 1. The van der Waals surface area contributed by atoms with Gasteiger partial charge in [-0.25, -0.2) is 0 Å². The van der Waals surface area contributed by atoms with Crippen LogP contribution < -0.4 is 20.5 Å². The molecule has 0 saturated heterocycles. The van der Waals surface area contributed by atoms with Crippen LogP contribution >= 0.6 is 24.0 Å². The van der Waals surface area contributed by atoms with E-state index in [2.05, 4.69) is 33.5 Å². The van der Waals surface area contributed by atoms with Gasteiger partial charge in [0.25, 0.3) is 0 Å². The van der Waals surface area contributed by atoms with E-state index in [1.165, 1.54) is 5.39 Å². The fourth-order valence-corrected chi connectivity index (χ4v) is 2.99. The van der Waals surface area contributed by atoms with E-state index >= 15 is 0 Å². The molecule has 142 valence electrons. The number of aliphatic imine (C=N–C) groups is 1. The van der Waals surface area contributed by atoms with Gasteiger partial charge >= 0.3 is 0 Å². The fourth-order valence-electron chi connectivity index (χ4n) is 2.99. The molecule has 0 atom stereocenters. The maximum absolute atomic E-state index is 6.01. The highest BCUT2D eigenvalue weighted by Crippen LogP contribution is 2.32. The number of nitrogens with zero attached hydrogens (tertiary/aromatic N) is 1. The summed E-state index contributed by atoms with van der Waals surface area (Å²) in [5, 5.41) is 4.32. The van der Waals surface area contributed by atoms with Crippen LogP contribution in [0.3, 0.4) is 0 Å². The number of H-pyrrole nitrogens is 1. The van der Waals surface area contributed by atoms with Gasteiger partial charge in [0.1, 0.15) is 0 Å². The molecule has 27 heavy (non-hydrogen) atoms. The molecule has 2 aromatic carbocycles. The molecule has 0 spiro atoms. The molecule has 6 nitrogen and oxygen atoms in total. The first kappa shape index (κ1) is 19.3. The highest BCUT2D eigenvalue weighted by atomic mass is 127. The number of fused-ring (bicyclic) bond motifs is 2. The minimum absolute atomic E-state index is 0. The molecular formula is C20H23IN4O2. The van der Waals surface area contributed by atoms with Crippen molar-refractivity contribution in [3.8, 4) is 11.5 Å². The normalized spacial score (nSPS) is 13.7. The highest BCUT2D eigenvalue weighted by Gasteiger charge is 2.10. The average Bonchev–Trinajstić information content (AvgIpc) is 2.91. The first-order valence-corrected chi connectivity index (χ1v) is 8.81. The van der Waals surface area contributed by atoms with E-state index < -0.39 is 0 Å². The van der Waals surface area contributed by atoms with E-state index in [0.29, 0.717) is 25.7 Å². The Morgan fingerprint density at radius 2 is 1.89 bits per heavy atom. The zero-order valence-corrected chi connectivity index (χ0v) is 17.2. The molecule has 0 saturated carbocycles. The van der Waals surface area contributed by atoms with Crippen molar-refractivity contribution in [3.63, 3.8) is 0 Å². The standard InChI is InChI=1S/C20H22N4O2.HI/c21-20(22-9-8-16-12-14-4-1-2-5-17(14)23-16)24-15-6-7-18-19(13-15)26-11-3-10-25-18;/h1-2,4-7,12-13,23H,3,8-11H2,(H3,21,22,24);1H. The van der Waals surface area contributed by atoms with Crippen LogP contribution in [0.4, 0.5) is 5.69 Å². The van der Waals surface area contributed by atoms with E-state index in [-0.39, 0.29) is 24.0 Å². The first-order valence-electron chi connectivity index (χ1n) is 8.81. The molecule has 1 aliphatic rings. The van der Waals surface area contributed by atoms with Gasteiger partial charge in [-0.1, -0.05) is 18.2 Å². The molecule has 2 heterocycles. The number of anilines is 1. The maximum atomic E-state index is 6.01. The zero-order chi connectivity index (χ0) is 17.8. The van der Waals surface area contributed by atoms with Crippen LogP contribution in [0.1, 0.15) is 12.1 Å². The van der Waals surface area contributed by atoms with E-state index in [1.54, 1.807) is 0 Å². The molecule has 0 amide bonds. The van der Waals surface area contributed by atoms with Gasteiger partial charge in [0.2, 0.25) is 0 Å². The van der Waals surface area contributed by atoms with E-state index in [9.17, 15) is 0 Å². The van der Waals surface area contributed by atoms with Crippen molar-refractivity contribution in [1.29, 1.82) is 0 Å². The number of hydrogen-bond donors (Lipinski definition) is 3. The molecule has 0 radical (unpaired) electrons. The summed E-state index contributed by atoms with van der Waals surface area (Å²) in [4.78, 5) is 7.80. The van der Waals surface area contributed by atoms with Gasteiger partial charge < -0.3 is 25.5 Å². The molecule has 0 fully saturated rings. The van der Waals surface area contributed by atoms with Crippen molar-refractivity contribution in [1.82, 2.24) is 4.98 Å². The van der Waals surface area contributed by atoms with Crippen LogP contribution in [0.25, 0.3) is 10.9 Å². The molecule has 0 aliphatic carbocycles. The molecule has 1 aromatic heterocycles. The molecule has 0 unspecified atom stereocenters. The van der Waals surface area contributed by atoms with Gasteiger partial charge in [-0.05, 0) is 29.7 Å². The Labute approximate surface area is 175 Å². The van der Waals surface area contributed by atoms with E-state index in [4.69, 9.17) is 15.2 Å². The lowest BCUT2D eigenvalue weighted by atomic mass is 10.2. The van der Waals surface area contributed by atoms with E-state index in [1.807, 2.05) is 30.3 Å². The Kier molecular flexibility index (Phi) is 6.44. The monoisotopic (exact) mass is 478 g/mol. The summed E-state index contributed by atoms with van der Waals surface area (Å²) in [5.41, 5.74) is 9.14. The molecule has 4 rings (SSSR count). The Morgan fingerprint density at radius 3 is 2.74 bits per heavy atom. The SMILES string of the molecule is I.NC(=NCCc1cc2ccccc2[nH]1)Nc1ccc2c(c1)OCCCO2. The summed E-state index contributed by atoms with van der Waals surface area (Å²) in [6, 6.07) is 16.1. The molecular weight excluding hydrogens is 455 g/mol. The van der Waals surface area contributed by atoms with Gasteiger partial charge in [0.15, 0.2) is 17.5 Å². The summed E-state index contributed by atoms with van der Waals surface area (Å²) < 4.78 is 11.3. The van der Waals surface area contributed by atoms with Crippen molar-refractivity contribution >= 4 is 46.5 Å². The van der Waals surface area contributed by atoms with Crippen LogP contribution in [-0.4, -0.2) is 30.7 Å². The number of guanidine groups is 1. The quantitative estimate of drug-likeness (QED) is 0.302. The average molecular weight is 478 g/mol. The Hall–Kier alpha value is -2.42. The Morgan fingerprint density at radius 1 is 1.07 bits per heavy atom. The third-order valence-corrected chi connectivity index (χ3v) is 4.27. The molecule has 0 bridgehead atoms. The second kappa shape index (κ2) is 8.98. The second-order valence-corrected chi connectivity index (χ2v) is 6.24. The van der Waals surface area contributed by atoms with Crippen molar-refractivity contribution < 1.29 is 9.47 Å². The van der Waals surface area contributed by atoms with Gasteiger partial charge in [0.05, 0.1) is 13.2 Å². The zero-order valence-electron chi connectivity index (χ0n) is 14.9. The third-order valence-electron chi connectivity index (χ3n) is 4.27. The third kappa shape index (κ3) is 4.85. The number of para-hydroxylation sites is 1. The minimum atomic E-state index is 0. The number of ether oxygens (including phenoxy) is 2. The molecule has 4 N–H and O–H groups in total. The molecule has 1 aliphatic heterocycles. The summed E-state index contributed by atoms with van der Waals surface area (Å²) in [5.74, 6) is 1.89. The van der Waals surface area contributed by atoms with Gasteiger partial charge in [-0.15, -0.1) is 24.0 Å². The lowest BCUT2D eigenvalue weighted by Crippen LogP contribution is -2.23. The highest BCUT2D eigenvalue weighted by molar-refractivity contribution is 14.0. The predicted octanol–water partition coefficient (Wildman–Crippen LogP) is 3.92. The number of nitrogens with two attached hydrogens (primary N) is 1. The van der Waals surface area contributed by atoms with Gasteiger partial charge in [-0.3, -0.25) is 4.99 Å². The summed E-state index contributed by atoms with van der Waals surface area (Å²) >= 11 is 0. The summed E-state index contributed by atoms with van der Waals surface area (Å²) in [6.07, 6.45) is 1.69. The van der Waals surface area contributed by atoms with Crippen LogP contribution in [-0.2, 0) is 6.42 Å². The number of benzene rings is 2.